The summed E-state index contributed by atoms with van der Waals surface area (Å²) in [6, 6.07) is 9.25. The minimum atomic E-state index is -0.686. The van der Waals surface area contributed by atoms with Gasteiger partial charge in [0.25, 0.3) is 0 Å². The Labute approximate surface area is 170 Å². The summed E-state index contributed by atoms with van der Waals surface area (Å²) in [4.78, 5) is 6.39. The molecule has 2 aromatic carbocycles. The Morgan fingerprint density at radius 1 is 1.07 bits per heavy atom. The molecular weight excluding hydrogens is 376 g/mol. The first-order valence-electron chi connectivity index (χ1n) is 9.41. The van der Waals surface area contributed by atoms with E-state index in [0.717, 1.165) is 36.1 Å². The van der Waals surface area contributed by atoms with Crippen molar-refractivity contribution in [2.45, 2.75) is 26.4 Å². The summed E-state index contributed by atoms with van der Waals surface area (Å²) in [6.07, 6.45) is 1.40. The standard InChI is InChI=1S/C21H23F2N5O.2H2/c1-13-4-17(9-18(5-13)27-10-14(11-27)21(2,3)29)25-20-24-12-28(26-20)19-7-15(22)6-16(23)8-19;;/h4-9,12,14,29H,10-11H2,1-3H3,(H,25,26);2*1H. The summed E-state index contributed by atoms with van der Waals surface area (Å²) < 4.78 is 28.2. The van der Waals surface area contributed by atoms with Crippen LogP contribution in [0.4, 0.5) is 26.1 Å². The Morgan fingerprint density at radius 2 is 1.76 bits per heavy atom. The molecule has 8 heteroatoms. The van der Waals surface area contributed by atoms with Gasteiger partial charge < -0.3 is 15.3 Å². The average Bonchev–Trinajstić information content (AvgIpc) is 2.99. The number of nitrogens with zero attached hydrogens (tertiary/aromatic N) is 4. The summed E-state index contributed by atoms with van der Waals surface area (Å²) in [5, 5.41) is 17.5. The molecule has 4 rings (SSSR count). The molecule has 1 aromatic heterocycles. The molecule has 0 aliphatic carbocycles. The van der Waals surface area contributed by atoms with E-state index in [0.29, 0.717) is 5.95 Å². The lowest BCUT2D eigenvalue weighted by Crippen LogP contribution is -2.55. The van der Waals surface area contributed by atoms with Gasteiger partial charge in [0.05, 0.1) is 11.3 Å². The molecule has 1 saturated heterocycles. The predicted molar refractivity (Wildman–Crippen MR) is 112 cm³/mol. The smallest absolute Gasteiger partial charge is 0.246 e. The topological polar surface area (TPSA) is 66.2 Å². The normalized spacial score (nSPS) is 14.8. The zero-order valence-corrected chi connectivity index (χ0v) is 16.5. The zero-order chi connectivity index (χ0) is 20.8. The lowest BCUT2D eigenvalue weighted by Gasteiger charge is -2.46. The van der Waals surface area contributed by atoms with Crippen LogP contribution < -0.4 is 10.2 Å². The van der Waals surface area contributed by atoms with Gasteiger partial charge in [0.2, 0.25) is 5.95 Å². The summed E-state index contributed by atoms with van der Waals surface area (Å²) in [6.45, 7) is 7.27. The number of benzene rings is 2. The number of anilines is 3. The number of aromatic nitrogens is 3. The Kier molecular flexibility index (Phi) is 4.74. The number of nitrogens with one attached hydrogen (secondary N) is 1. The molecule has 1 aliphatic rings. The van der Waals surface area contributed by atoms with Gasteiger partial charge in [0.1, 0.15) is 18.0 Å². The van der Waals surface area contributed by atoms with Crippen LogP contribution in [0.1, 0.15) is 22.3 Å². The molecule has 2 N–H and O–H groups in total. The van der Waals surface area contributed by atoms with E-state index >= 15 is 0 Å². The van der Waals surface area contributed by atoms with Gasteiger partial charge in [-0.25, -0.2) is 13.5 Å². The van der Waals surface area contributed by atoms with Gasteiger partial charge in [-0.1, -0.05) is 0 Å². The number of halogens is 2. The Bertz CT molecular complexity index is 1030. The van der Waals surface area contributed by atoms with Crippen LogP contribution in [-0.4, -0.2) is 38.6 Å². The monoisotopic (exact) mass is 403 g/mol. The van der Waals surface area contributed by atoms with Crippen molar-refractivity contribution >= 4 is 17.3 Å². The first kappa shape index (κ1) is 19.3. The second kappa shape index (κ2) is 7.11. The first-order chi connectivity index (χ1) is 13.7. The third-order valence-corrected chi connectivity index (χ3v) is 5.17. The second-order valence-corrected chi connectivity index (χ2v) is 8.08. The maximum atomic E-state index is 13.4. The highest BCUT2D eigenvalue weighted by atomic mass is 19.1. The van der Waals surface area contributed by atoms with Crippen LogP contribution in [0.25, 0.3) is 5.69 Å². The van der Waals surface area contributed by atoms with Gasteiger partial charge in [-0.3, -0.25) is 0 Å². The molecule has 0 unspecified atom stereocenters. The van der Waals surface area contributed by atoms with E-state index in [4.69, 9.17) is 0 Å². The van der Waals surface area contributed by atoms with E-state index in [2.05, 4.69) is 26.4 Å². The van der Waals surface area contributed by atoms with Gasteiger partial charge in [-0.15, -0.1) is 5.10 Å². The van der Waals surface area contributed by atoms with Crippen LogP contribution in [0, 0.1) is 24.5 Å². The molecule has 0 atom stereocenters. The van der Waals surface area contributed by atoms with Crippen molar-refractivity contribution in [2.75, 3.05) is 23.3 Å². The fraction of sp³-hybridized carbons (Fsp3) is 0.333. The van der Waals surface area contributed by atoms with E-state index in [1.54, 1.807) is 0 Å². The van der Waals surface area contributed by atoms with E-state index in [1.807, 2.05) is 32.9 Å². The van der Waals surface area contributed by atoms with Gasteiger partial charge in [-0.05, 0) is 56.7 Å². The third kappa shape index (κ3) is 4.22. The Hall–Kier alpha value is -3.00. The minimum absolute atomic E-state index is 0. The molecule has 0 radical (unpaired) electrons. The number of hydrogen-bond donors (Lipinski definition) is 2. The predicted octanol–water partition coefficient (Wildman–Crippen LogP) is 4.30. The van der Waals surface area contributed by atoms with Crippen molar-refractivity contribution in [1.29, 1.82) is 0 Å². The molecule has 0 bridgehead atoms. The molecule has 6 nitrogen and oxygen atoms in total. The van der Waals surface area contributed by atoms with E-state index in [9.17, 15) is 13.9 Å². The van der Waals surface area contributed by atoms with Crippen molar-refractivity contribution in [3.05, 3.63) is 59.9 Å². The van der Waals surface area contributed by atoms with Crippen LogP contribution in [0.2, 0.25) is 0 Å². The molecular formula is C21H27F2N5O. The Balaban J connectivity index is 0.00000171. The summed E-state index contributed by atoms with van der Waals surface area (Å²) in [5.41, 5.74) is 2.51. The number of aliphatic hydroxyl groups is 1. The fourth-order valence-corrected chi connectivity index (χ4v) is 3.40. The number of aryl methyl sites for hydroxylation is 1. The largest absolute Gasteiger partial charge is 0.390 e. The SMILES string of the molecule is Cc1cc(Nc2ncn(-c3cc(F)cc(F)c3)n2)cc(N2CC(C(C)(C)O)C2)c1.[HH].[HH]. The molecule has 29 heavy (non-hydrogen) atoms. The molecule has 0 amide bonds. The van der Waals surface area contributed by atoms with Crippen molar-refractivity contribution < 1.29 is 16.7 Å². The zero-order valence-electron chi connectivity index (χ0n) is 16.5. The van der Waals surface area contributed by atoms with Gasteiger partial charge in [0, 0.05) is 39.3 Å². The maximum Gasteiger partial charge on any atom is 0.246 e. The van der Waals surface area contributed by atoms with Crippen molar-refractivity contribution in [3.63, 3.8) is 0 Å². The van der Waals surface area contributed by atoms with Crippen LogP contribution in [0.3, 0.4) is 0 Å². The molecule has 0 saturated carbocycles. The highest BCUT2D eigenvalue weighted by Crippen LogP contribution is 2.33. The van der Waals surface area contributed by atoms with Gasteiger partial charge in [0.15, 0.2) is 0 Å². The number of rotatable bonds is 5. The second-order valence-electron chi connectivity index (χ2n) is 8.08. The van der Waals surface area contributed by atoms with E-state index < -0.39 is 17.2 Å². The van der Waals surface area contributed by atoms with Crippen molar-refractivity contribution in [2.24, 2.45) is 5.92 Å². The van der Waals surface area contributed by atoms with Crippen molar-refractivity contribution in [3.8, 4) is 5.69 Å². The molecule has 3 aromatic rings. The highest BCUT2D eigenvalue weighted by molar-refractivity contribution is 5.64. The quantitative estimate of drug-likeness (QED) is 0.665. The van der Waals surface area contributed by atoms with Crippen molar-refractivity contribution in [1.82, 2.24) is 14.8 Å². The van der Waals surface area contributed by atoms with Crippen LogP contribution in [-0.2, 0) is 0 Å². The first-order valence-corrected chi connectivity index (χ1v) is 9.41. The van der Waals surface area contributed by atoms with E-state index in [-0.39, 0.29) is 14.5 Å². The average molecular weight is 403 g/mol. The van der Waals surface area contributed by atoms with Gasteiger partial charge >= 0.3 is 0 Å². The maximum absolute atomic E-state index is 13.4. The summed E-state index contributed by atoms with van der Waals surface area (Å²) in [5.74, 6) is -0.785. The lowest BCUT2D eigenvalue weighted by atomic mass is 9.84. The molecule has 1 fully saturated rings. The number of hydrogen-bond acceptors (Lipinski definition) is 5. The van der Waals surface area contributed by atoms with Crippen LogP contribution >= 0.6 is 0 Å². The summed E-state index contributed by atoms with van der Waals surface area (Å²) in [7, 11) is 0. The van der Waals surface area contributed by atoms with Crippen LogP contribution in [0.15, 0.2) is 42.7 Å². The molecule has 1 aliphatic heterocycles. The fourth-order valence-electron chi connectivity index (χ4n) is 3.40. The van der Waals surface area contributed by atoms with E-state index in [1.165, 1.54) is 23.1 Å². The lowest BCUT2D eigenvalue weighted by molar-refractivity contribution is 0.00460. The Morgan fingerprint density at radius 3 is 2.41 bits per heavy atom. The van der Waals surface area contributed by atoms with Crippen LogP contribution in [0.5, 0.6) is 0 Å². The molecule has 0 spiro atoms. The molecule has 2 heterocycles. The molecule has 156 valence electrons. The third-order valence-electron chi connectivity index (χ3n) is 5.17. The summed E-state index contributed by atoms with van der Waals surface area (Å²) >= 11 is 0. The minimum Gasteiger partial charge on any atom is -0.390 e. The van der Waals surface area contributed by atoms with Gasteiger partial charge in [-0.2, -0.15) is 4.98 Å². The highest BCUT2D eigenvalue weighted by Gasteiger charge is 2.37.